The van der Waals surface area contributed by atoms with Gasteiger partial charge in [-0.15, -0.1) is 11.3 Å². The van der Waals surface area contributed by atoms with E-state index in [0.717, 1.165) is 32.0 Å². The molecule has 0 unspecified atom stereocenters. The lowest BCUT2D eigenvalue weighted by molar-refractivity contribution is 0.492. The molecule has 0 fully saturated rings. The third-order valence-electron chi connectivity index (χ3n) is 3.81. The van der Waals surface area contributed by atoms with E-state index in [1.54, 1.807) is 17.6 Å². The third-order valence-corrected chi connectivity index (χ3v) is 5.20. The van der Waals surface area contributed by atoms with Gasteiger partial charge >= 0.3 is 0 Å². The summed E-state index contributed by atoms with van der Waals surface area (Å²) in [6.45, 7) is 0.646. The van der Waals surface area contributed by atoms with E-state index in [1.165, 1.54) is 0 Å². The zero-order valence-electron chi connectivity index (χ0n) is 13.3. The number of para-hydroxylation sites is 1. The minimum atomic E-state index is 0.646. The summed E-state index contributed by atoms with van der Waals surface area (Å²) in [4.78, 5) is 5.76. The molecule has 2 heterocycles. The number of furan rings is 1. The molecule has 0 aliphatic carbocycles. The van der Waals surface area contributed by atoms with Crippen LogP contribution in [0.5, 0.6) is 0 Å². The molecule has 0 aliphatic rings. The average molecular weight is 411 g/mol. The standard InChI is InChI=1S/C20H15BrN2OS/c21-16-10-8-15(9-11-16)19-14-25-20(22-17-5-2-1-3-6-17)23(19)13-18-7-4-12-24-18/h1-12,14H,13H2. The molecule has 0 radical (unpaired) electrons. The number of nitrogens with zero attached hydrogens (tertiary/aromatic N) is 2. The van der Waals surface area contributed by atoms with Gasteiger partial charge in [0.1, 0.15) is 5.76 Å². The van der Waals surface area contributed by atoms with Crippen molar-refractivity contribution >= 4 is 33.0 Å². The number of thiazole rings is 1. The molecule has 4 aromatic rings. The Labute approximate surface area is 158 Å². The molecule has 0 saturated heterocycles. The molecule has 5 heteroatoms. The number of halogens is 1. The molecular formula is C20H15BrN2OS. The van der Waals surface area contributed by atoms with Crippen LogP contribution in [0.15, 0.2) is 92.3 Å². The van der Waals surface area contributed by atoms with Crippen molar-refractivity contribution in [3.8, 4) is 11.3 Å². The van der Waals surface area contributed by atoms with Crippen molar-refractivity contribution in [2.75, 3.05) is 0 Å². The van der Waals surface area contributed by atoms with Gasteiger partial charge in [-0.05, 0) is 42.0 Å². The first-order valence-electron chi connectivity index (χ1n) is 7.86. The Morgan fingerprint density at radius 1 is 0.960 bits per heavy atom. The molecule has 2 aromatic heterocycles. The monoisotopic (exact) mass is 410 g/mol. The largest absolute Gasteiger partial charge is 0.467 e. The zero-order valence-corrected chi connectivity index (χ0v) is 15.7. The van der Waals surface area contributed by atoms with Gasteiger partial charge in [-0.3, -0.25) is 0 Å². The molecule has 0 atom stereocenters. The van der Waals surface area contributed by atoms with E-state index in [0.29, 0.717) is 6.54 Å². The Morgan fingerprint density at radius 3 is 2.48 bits per heavy atom. The quantitative estimate of drug-likeness (QED) is 0.414. The molecule has 0 spiro atoms. The van der Waals surface area contributed by atoms with Gasteiger partial charge in [-0.2, -0.15) is 0 Å². The van der Waals surface area contributed by atoms with Crippen LogP contribution in [-0.2, 0) is 6.54 Å². The Morgan fingerprint density at radius 2 is 1.76 bits per heavy atom. The number of aromatic nitrogens is 1. The molecule has 0 bridgehead atoms. The Hall–Kier alpha value is -2.37. The van der Waals surface area contributed by atoms with E-state index >= 15 is 0 Å². The second-order valence-electron chi connectivity index (χ2n) is 5.52. The van der Waals surface area contributed by atoms with Crippen LogP contribution in [0, 0.1) is 0 Å². The lowest BCUT2D eigenvalue weighted by Crippen LogP contribution is -2.16. The highest BCUT2D eigenvalue weighted by atomic mass is 79.9. The minimum absolute atomic E-state index is 0.646. The second kappa shape index (κ2) is 7.25. The van der Waals surface area contributed by atoms with Gasteiger partial charge in [-0.1, -0.05) is 46.3 Å². The van der Waals surface area contributed by atoms with E-state index in [-0.39, 0.29) is 0 Å². The van der Waals surface area contributed by atoms with Gasteiger partial charge < -0.3 is 8.98 Å². The van der Waals surface area contributed by atoms with Crippen LogP contribution < -0.4 is 4.80 Å². The number of rotatable bonds is 4. The zero-order chi connectivity index (χ0) is 17.1. The first-order chi connectivity index (χ1) is 12.3. The first kappa shape index (κ1) is 16.1. The highest BCUT2D eigenvalue weighted by Gasteiger charge is 2.10. The molecule has 0 N–H and O–H groups in total. The SMILES string of the molecule is Brc1ccc(-c2csc(=Nc3ccccc3)n2Cc2ccco2)cc1. The van der Waals surface area contributed by atoms with Gasteiger partial charge in [0, 0.05) is 9.85 Å². The molecular weight excluding hydrogens is 396 g/mol. The van der Waals surface area contributed by atoms with Crippen LogP contribution in [0.4, 0.5) is 5.69 Å². The van der Waals surface area contributed by atoms with Gasteiger partial charge in [0.15, 0.2) is 4.80 Å². The molecule has 3 nitrogen and oxygen atoms in total. The molecule has 2 aromatic carbocycles. The topological polar surface area (TPSA) is 30.4 Å². The van der Waals surface area contributed by atoms with E-state index in [9.17, 15) is 0 Å². The molecule has 0 amide bonds. The van der Waals surface area contributed by atoms with Gasteiger partial charge in [-0.25, -0.2) is 4.99 Å². The van der Waals surface area contributed by atoms with E-state index < -0.39 is 0 Å². The number of hydrogen-bond acceptors (Lipinski definition) is 3. The summed E-state index contributed by atoms with van der Waals surface area (Å²) >= 11 is 5.13. The predicted octanol–water partition coefficient (Wildman–Crippen LogP) is 5.85. The van der Waals surface area contributed by atoms with Gasteiger partial charge in [0.25, 0.3) is 0 Å². The van der Waals surface area contributed by atoms with Crippen molar-refractivity contribution in [1.29, 1.82) is 0 Å². The smallest absolute Gasteiger partial charge is 0.190 e. The minimum Gasteiger partial charge on any atom is -0.467 e. The Kier molecular flexibility index (Phi) is 4.68. The van der Waals surface area contributed by atoms with Crippen LogP contribution >= 0.6 is 27.3 Å². The summed E-state index contributed by atoms with van der Waals surface area (Å²) < 4.78 is 8.82. The summed E-state index contributed by atoms with van der Waals surface area (Å²) in [6.07, 6.45) is 1.70. The van der Waals surface area contributed by atoms with E-state index in [1.807, 2.05) is 42.5 Å². The van der Waals surface area contributed by atoms with Crippen LogP contribution in [0.25, 0.3) is 11.3 Å². The van der Waals surface area contributed by atoms with E-state index in [4.69, 9.17) is 9.41 Å². The Balaban J connectivity index is 1.84. The number of hydrogen-bond donors (Lipinski definition) is 0. The van der Waals surface area contributed by atoms with Gasteiger partial charge in [0.2, 0.25) is 0 Å². The first-order valence-corrected chi connectivity index (χ1v) is 9.53. The summed E-state index contributed by atoms with van der Waals surface area (Å²) in [5.41, 5.74) is 3.23. The third kappa shape index (κ3) is 3.67. The fourth-order valence-corrected chi connectivity index (χ4v) is 3.79. The highest BCUT2D eigenvalue weighted by molar-refractivity contribution is 9.10. The Bertz CT molecular complexity index is 1020. The van der Waals surface area contributed by atoms with Crippen LogP contribution in [0.3, 0.4) is 0 Å². The molecule has 25 heavy (non-hydrogen) atoms. The summed E-state index contributed by atoms with van der Waals surface area (Å²) in [5, 5.41) is 2.15. The summed E-state index contributed by atoms with van der Waals surface area (Å²) in [5.74, 6) is 0.909. The second-order valence-corrected chi connectivity index (χ2v) is 7.28. The summed E-state index contributed by atoms with van der Waals surface area (Å²) in [7, 11) is 0. The maximum Gasteiger partial charge on any atom is 0.190 e. The van der Waals surface area contributed by atoms with E-state index in [2.05, 4.69) is 50.1 Å². The van der Waals surface area contributed by atoms with Crippen molar-refractivity contribution < 1.29 is 4.42 Å². The van der Waals surface area contributed by atoms with Gasteiger partial charge in [0.05, 0.1) is 24.2 Å². The fraction of sp³-hybridized carbons (Fsp3) is 0.0500. The van der Waals surface area contributed by atoms with Crippen LogP contribution in [0.2, 0.25) is 0 Å². The molecule has 0 saturated carbocycles. The highest BCUT2D eigenvalue weighted by Crippen LogP contribution is 2.24. The lowest BCUT2D eigenvalue weighted by Gasteiger charge is -2.08. The predicted molar refractivity (Wildman–Crippen MR) is 105 cm³/mol. The average Bonchev–Trinajstić information content (AvgIpc) is 3.28. The van der Waals surface area contributed by atoms with Crippen molar-refractivity contribution in [1.82, 2.24) is 4.57 Å². The fourth-order valence-electron chi connectivity index (χ4n) is 2.59. The molecule has 124 valence electrons. The molecule has 4 rings (SSSR count). The van der Waals surface area contributed by atoms with Crippen molar-refractivity contribution in [2.24, 2.45) is 4.99 Å². The number of benzene rings is 2. The normalized spacial score (nSPS) is 11.8. The van der Waals surface area contributed by atoms with Crippen molar-refractivity contribution in [3.05, 3.63) is 93.4 Å². The van der Waals surface area contributed by atoms with Crippen LogP contribution in [0.1, 0.15) is 5.76 Å². The van der Waals surface area contributed by atoms with Crippen molar-refractivity contribution in [3.63, 3.8) is 0 Å². The van der Waals surface area contributed by atoms with Crippen LogP contribution in [-0.4, -0.2) is 4.57 Å². The lowest BCUT2D eigenvalue weighted by atomic mass is 10.2. The maximum atomic E-state index is 5.56. The maximum absolute atomic E-state index is 5.56. The molecule has 0 aliphatic heterocycles. The van der Waals surface area contributed by atoms with Crippen molar-refractivity contribution in [2.45, 2.75) is 6.54 Å². The summed E-state index contributed by atoms with van der Waals surface area (Å²) in [6, 6.07) is 22.2.